The van der Waals surface area contributed by atoms with Crippen LogP contribution in [0.5, 0.6) is 0 Å². The molecule has 1 atom stereocenters. The Kier molecular flexibility index (Phi) is 4.75. The Balaban J connectivity index is 1.77. The highest BCUT2D eigenvalue weighted by Crippen LogP contribution is 2.21. The predicted octanol–water partition coefficient (Wildman–Crippen LogP) is 2.04. The predicted molar refractivity (Wildman–Crippen MR) is 66.9 cm³/mol. The fourth-order valence-corrected chi connectivity index (χ4v) is 3.07. The quantitative estimate of drug-likeness (QED) is 0.787. The van der Waals surface area contributed by atoms with E-state index >= 15 is 0 Å². The monoisotopic (exact) mass is 240 g/mol. The molecule has 1 fully saturated rings. The molecule has 1 aromatic heterocycles. The van der Waals surface area contributed by atoms with E-state index in [4.69, 9.17) is 4.74 Å². The Morgan fingerprint density at radius 3 is 3.31 bits per heavy atom. The third-order valence-electron chi connectivity index (χ3n) is 3.16. The lowest BCUT2D eigenvalue weighted by molar-refractivity contribution is 0.114. The van der Waals surface area contributed by atoms with Gasteiger partial charge in [0.2, 0.25) is 0 Å². The summed E-state index contributed by atoms with van der Waals surface area (Å²) in [5.41, 5.74) is 0. The Bertz CT molecular complexity index is 289. The molecule has 0 radical (unpaired) electrons. The van der Waals surface area contributed by atoms with E-state index in [1.807, 2.05) is 6.20 Å². The summed E-state index contributed by atoms with van der Waals surface area (Å²) in [6, 6.07) is 0. The van der Waals surface area contributed by atoms with Crippen LogP contribution in [0, 0.1) is 5.92 Å². The molecule has 3 nitrogen and oxygen atoms in total. The normalized spacial score (nSPS) is 22.4. The molecule has 90 valence electrons. The van der Waals surface area contributed by atoms with Gasteiger partial charge in [0.1, 0.15) is 0 Å². The molecule has 0 spiro atoms. The Hall–Kier alpha value is -0.450. The summed E-state index contributed by atoms with van der Waals surface area (Å²) in [7, 11) is 1.77. The van der Waals surface area contributed by atoms with E-state index in [-0.39, 0.29) is 0 Å². The van der Waals surface area contributed by atoms with Gasteiger partial charge in [-0.15, -0.1) is 11.3 Å². The standard InChI is InChI=1S/C12H20N2OS/c1-15-7-6-14-5-2-3-11(10-14)9-12-13-4-8-16-12/h4,8,11H,2-3,5-7,9-10H2,1H3/t11-/m0/s1. The van der Waals surface area contributed by atoms with E-state index in [0.29, 0.717) is 0 Å². The summed E-state index contributed by atoms with van der Waals surface area (Å²) < 4.78 is 5.13. The molecule has 1 aliphatic rings. The van der Waals surface area contributed by atoms with E-state index in [9.17, 15) is 0 Å². The summed E-state index contributed by atoms with van der Waals surface area (Å²) in [4.78, 5) is 6.89. The first kappa shape index (κ1) is 12.0. The molecule has 0 saturated carbocycles. The minimum atomic E-state index is 0.789. The minimum Gasteiger partial charge on any atom is -0.383 e. The van der Waals surface area contributed by atoms with Crippen molar-refractivity contribution in [3.63, 3.8) is 0 Å². The fraction of sp³-hybridized carbons (Fsp3) is 0.750. The zero-order valence-electron chi connectivity index (χ0n) is 9.89. The number of ether oxygens (including phenoxy) is 1. The van der Waals surface area contributed by atoms with E-state index in [1.54, 1.807) is 18.4 Å². The molecule has 1 aromatic rings. The average molecular weight is 240 g/mol. The average Bonchev–Trinajstić information content (AvgIpc) is 2.80. The van der Waals surface area contributed by atoms with Crippen molar-refractivity contribution >= 4 is 11.3 Å². The van der Waals surface area contributed by atoms with Crippen molar-refractivity contribution in [1.82, 2.24) is 9.88 Å². The van der Waals surface area contributed by atoms with Crippen molar-refractivity contribution in [2.45, 2.75) is 19.3 Å². The largest absolute Gasteiger partial charge is 0.383 e. The van der Waals surface area contributed by atoms with Crippen molar-refractivity contribution in [2.75, 3.05) is 33.4 Å². The Labute approximate surface area is 101 Å². The number of methoxy groups -OCH3 is 1. The number of hydrogen-bond donors (Lipinski definition) is 0. The SMILES string of the molecule is COCCN1CCC[C@@H](Cc2nccs2)C1. The summed E-state index contributed by atoms with van der Waals surface area (Å²) in [6.45, 7) is 4.37. The summed E-state index contributed by atoms with van der Waals surface area (Å²) in [6.07, 6.45) is 5.73. The molecule has 2 heterocycles. The lowest BCUT2D eigenvalue weighted by Gasteiger charge is -2.32. The highest BCUT2D eigenvalue weighted by atomic mass is 32.1. The van der Waals surface area contributed by atoms with Gasteiger partial charge in [-0.25, -0.2) is 4.98 Å². The second-order valence-electron chi connectivity index (χ2n) is 4.43. The van der Waals surface area contributed by atoms with Gasteiger partial charge in [0.25, 0.3) is 0 Å². The molecule has 2 rings (SSSR count). The first-order valence-corrected chi connectivity index (χ1v) is 6.86. The fourth-order valence-electron chi connectivity index (χ4n) is 2.34. The van der Waals surface area contributed by atoms with Gasteiger partial charge in [0, 0.05) is 38.2 Å². The molecule has 0 amide bonds. The molecule has 0 aromatic carbocycles. The molecule has 0 N–H and O–H groups in total. The third kappa shape index (κ3) is 3.54. The second-order valence-corrected chi connectivity index (χ2v) is 5.41. The smallest absolute Gasteiger partial charge is 0.0928 e. The van der Waals surface area contributed by atoms with Crippen LogP contribution < -0.4 is 0 Å². The van der Waals surface area contributed by atoms with Gasteiger partial charge in [-0.1, -0.05) is 0 Å². The van der Waals surface area contributed by atoms with Crippen LogP contribution in [0.3, 0.4) is 0 Å². The van der Waals surface area contributed by atoms with Gasteiger partial charge in [0.15, 0.2) is 0 Å². The van der Waals surface area contributed by atoms with Crippen molar-refractivity contribution < 1.29 is 4.74 Å². The van der Waals surface area contributed by atoms with Crippen LogP contribution in [0.25, 0.3) is 0 Å². The van der Waals surface area contributed by atoms with Crippen LogP contribution in [-0.2, 0) is 11.2 Å². The van der Waals surface area contributed by atoms with E-state index in [0.717, 1.165) is 25.5 Å². The molecule has 4 heteroatoms. The van der Waals surface area contributed by atoms with Crippen LogP contribution in [0.1, 0.15) is 17.8 Å². The molecule has 16 heavy (non-hydrogen) atoms. The lowest BCUT2D eigenvalue weighted by Crippen LogP contribution is -2.38. The van der Waals surface area contributed by atoms with E-state index in [1.165, 1.54) is 30.9 Å². The Morgan fingerprint density at radius 1 is 1.62 bits per heavy atom. The molecule has 0 bridgehead atoms. The van der Waals surface area contributed by atoms with Crippen molar-refractivity contribution in [2.24, 2.45) is 5.92 Å². The van der Waals surface area contributed by atoms with Crippen molar-refractivity contribution in [1.29, 1.82) is 0 Å². The van der Waals surface area contributed by atoms with Gasteiger partial charge >= 0.3 is 0 Å². The maximum absolute atomic E-state index is 5.13. The number of likely N-dealkylation sites (tertiary alicyclic amines) is 1. The number of aromatic nitrogens is 1. The number of piperidine rings is 1. The van der Waals surface area contributed by atoms with Gasteiger partial charge < -0.3 is 9.64 Å². The maximum Gasteiger partial charge on any atom is 0.0928 e. The molecular formula is C12H20N2OS. The van der Waals surface area contributed by atoms with E-state index < -0.39 is 0 Å². The Morgan fingerprint density at radius 2 is 2.56 bits per heavy atom. The highest BCUT2D eigenvalue weighted by molar-refractivity contribution is 7.09. The summed E-state index contributed by atoms with van der Waals surface area (Å²) in [5, 5.41) is 3.36. The van der Waals surface area contributed by atoms with Crippen LogP contribution in [-0.4, -0.2) is 43.2 Å². The van der Waals surface area contributed by atoms with Crippen LogP contribution in [0.15, 0.2) is 11.6 Å². The minimum absolute atomic E-state index is 0.789. The first-order chi connectivity index (χ1) is 7.88. The molecule has 1 aliphatic heterocycles. The second kappa shape index (κ2) is 6.33. The van der Waals surface area contributed by atoms with Crippen LogP contribution in [0.2, 0.25) is 0 Å². The first-order valence-electron chi connectivity index (χ1n) is 5.98. The summed E-state index contributed by atoms with van der Waals surface area (Å²) >= 11 is 1.78. The summed E-state index contributed by atoms with van der Waals surface area (Å²) in [5.74, 6) is 0.789. The maximum atomic E-state index is 5.13. The number of rotatable bonds is 5. The molecule has 1 saturated heterocycles. The van der Waals surface area contributed by atoms with Gasteiger partial charge in [-0.3, -0.25) is 0 Å². The molecular weight excluding hydrogens is 220 g/mol. The highest BCUT2D eigenvalue weighted by Gasteiger charge is 2.20. The van der Waals surface area contributed by atoms with Gasteiger partial charge in [0.05, 0.1) is 11.6 Å². The number of nitrogens with zero attached hydrogens (tertiary/aromatic N) is 2. The topological polar surface area (TPSA) is 25.4 Å². The molecule has 0 unspecified atom stereocenters. The lowest BCUT2D eigenvalue weighted by atomic mass is 9.95. The number of thiazole rings is 1. The van der Waals surface area contributed by atoms with Crippen LogP contribution >= 0.6 is 11.3 Å². The number of hydrogen-bond acceptors (Lipinski definition) is 4. The zero-order valence-corrected chi connectivity index (χ0v) is 10.7. The third-order valence-corrected chi connectivity index (χ3v) is 3.96. The molecule has 0 aliphatic carbocycles. The zero-order chi connectivity index (χ0) is 11.2. The van der Waals surface area contributed by atoms with Gasteiger partial charge in [-0.2, -0.15) is 0 Å². The van der Waals surface area contributed by atoms with Gasteiger partial charge in [-0.05, 0) is 25.3 Å². The van der Waals surface area contributed by atoms with E-state index in [2.05, 4.69) is 15.3 Å². The van der Waals surface area contributed by atoms with Crippen LogP contribution in [0.4, 0.5) is 0 Å². The van der Waals surface area contributed by atoms with Crippen molar-refractivity contribution in [3.8, 4) is 0 Å². The van der Waals surface area contributed by atoms with Crippen molar-refractivity contribution in [3.05, 3.63) is 16.6 Å².